The Morgan fingerprint density at radius 1 is 0.346 bits per heavy atom. The highest BCUT2D eigenvalue weighted by Crippen LogP contribution is 2.45. The number of unbranched alkanes of at least 4 members (excludes halogenated alkanes) is 24. The Morgan fingerprint density at radius 2 is 0.593 bits per heavy atom. The average Bonchev–Trinajstić information content (AvgIpc) is 3.41. The second-order valence-electron chi connectivity index (χ2n) is 24.1. The van der Waals surface area contributed by atoms with Crippen LogP contribution in [0.15, 0.2) is 0 Å². The van der Waals surface area contributed by atoms with Crippen molar-refractivity contribution < 1.29 is 80.2 Å². The number of aliphatic hydroxyl groups excluding tert-OH is 1. The van der Waals surface area contributed by atoms with Gasteiger partial charge in [0.15, 0.2) is 12.2 Å². The number of hydrogen-bond donors (Lipinski definition) is 3. The lowest BCUT2D eigenvalue weighted by atomic mass is 10.00. The van der Waals surface area contributed by atoms with Crippen LogP contribution in [-0.4, -0.2) is 96.7 Å². The zero-order chi connectivity index (χ0) is 60.4. The van der Waals surface area contributed by atoms with Crippen molar-refractivity contribution in [3.8, 4) is 0 Å². The van der Waals surface area contributed by atoms with E-state index < -0.39 is 97.5 Å². The molecule has 0 amide bonds. The van der Waals surface area contributed by atoms with Crippen molar-refractivity contribution in [1.82, 2.24) is 0 Å². The smallest absolute Gasteiger partial charge is 0.462 e. The maximum Gasteiger partial charge on any atom is 0.472 e. The van der Waals surface area contributed by atoms with Crippen molar-refractivity contribution in [1.29, 1.82) is 0 Å². The molecule has 19 heteroatoms. The molecule has 0 fully saturated rings. The van der Waals surface area contributed by atoms with E-state index in [2.05, 4.69) is 55.4 Å². The Hall–Kier alpha value is -1.94. The van der Waals surface area contributed by atoms with E-state index in [1.54, 1.807) is 0 Å². The molecule has 0 aliphatic heterocycles. The van der Waals surface area contributed by atoms with Crippen molar-refractivity contribution in [2.24, 2.45) is 23.7 Å². The third kappa shape index (κ3) is 55.7. The number of hydrogen-bond acceptors (Lipinski definition) is 15. The molecule has 0 aromatic rings. The first-order valence-electron chi connectivity index (χ1n) is 32.2. The van der Waals surface area contributed by atoms with Gasteiger partial charge in [0.05, 0.1) is 26.4 Å². The molecule has 81 heavy (non-hydrogen) atoms. The second kappa shape index (κ2) is 52.4. The van der Waals surface area contributed by atoms with Gasteiger partial charge in [0.2, 0.25) is 0 Å². The van der Waals surface area contributed by atoms with E-state index in [9.17, 15) is 43.2 Å². The fourth-order valence-electron chi connectivity index (χ4n) is 9.04. The largest absolute Gasteiger partial charge is 0.472 e. The van der Waals surface area contributed by atoms with Gasteiger partial charge >= 0.3 is 39.5 Å². The van der Waals surface area contributed by atoms with E-state index in [0.717, 1.165) is 114 Å². The molecule has 0 aromatic carbocycles. The van der Waals surface area contributed by atoms with E-state index in [-0.39, 0.29) is 25.7 Å². The van der Waals surface area contributed by atoms with Crippen molar-refractivity contribution in [3.05, 3.63) is 0 Å². The van der Waals surface area contributed by atoms with Crippen LogP contribution in [0, 0.1) is 23.7 Å². The van der Waals surface area contributed by atoms with E-state index in [4.69, 9.17) is 37.0 Å². The molecule has 3 N–H and O–H groups in total. The highest BCUT2D eigenvalue weighted by Gasteiger charge is 2.30. The Bertz CT molecular complexity index is 1630. The summed E-state index contributed by atoms with van der Waals surface area (Å²) in [6.45, 7) is 13.9. The molecule has 6 atom stereocenters. The number of phosphoric ester groups is 2. The highest BCUT2D eigenvalue weighted by atomic mass is 31.2. The Balaban J connectivity index is 5.26. The summed E-state index contributed by atoms with van der Waals surface area (Å²) >= 11 is 0. The highest BCUT2D eigenvalue weighted by molar-refractivity contribution is 7.47. The van der Waals surface area contributed by atoms with Gasteiger partial charge in [-0.3, -0.25) is 37.3 Å². The van der Waals surface area contributed by atoms with Gasteiger partial charge in [-0.05, 0) is 49.4 Å². The van der Waals surface area contributed by atoms with Crippen LogP contribution in [0.5, 0.6) is 0 Å². The zero-order valence-electron chi connectivity index (χ0n) is 52.4. The molecule has 0 aromatic heterocycles. The quantitative estimate of drug-likeness (QED) is 0.0222. The van der Waals surface area contributed by atoms with Crippen LogP contribution in [0.2, 0.25) is 0 Å². The fraction of sp³-hybridized carbons (Fsp3) is 0.935. The first-order valence-corrected chi connectivity index (χ1v) is 35.2. The van der Waals surface area contributed by atoms with Gasteiger partial charge in [-0.2, -0.15) is 0 Å². The fourth-order valence-corrected chi connectivity index (χ4v) is 10.6. The maximum atomic E-state index is 12.9. The van der Waals surface area contributed by atoms with Crippen molar-refractivity contribution in [3.63, 3.8) is 0 Å². The van der Waals surface area contributed by atoms with Crippen LogP contribution in [0.3, 0.4) is 0 Å². The molecule has 3 unspecified atom stereocenters. The van der Waals surface area contributed by atoms with Gasteiger partial charge < -0.3 is 33.8 Å². The van der Waals surface area contributed by atoms with E-state index in [0.29, 0.717) is 31.6 Å². The minimum Gasteiger partial charge on any atom is -0.462 e. The first-order chi connectivity index (χ1) is 38.6. The van der Waals surface area contributed by atoms with Crippen LogP contribution in [0.4, 0.5) is 0 Å². The van der Waals surface area contributed by atoms with Crippen molar-refractivity contribution in [2.75, 3.05) is 39.6 Å². The van der Waals surface area contributed by atoms with Crippen LogP contribution in [0.1, 0.15) is 293 Å². The number of rotatable bonds is 59. The molecule has 17 nitrogen and oxygen atoms in total. The van der Waals surface area contributed by atoms with Gasteiger partial charge in [-0.15, -0.1) is 0 Å². The molecule has 0 saturated carbocycles. The lowest BCUT2D eigenvalue weighted by molar-refractivity contribution is -0.161. The molecule has 0 bridgehead atoms. The molecular weight excluding hydrogens is 1080 g/mol. The van der Waals surface area contributed by atoms with E-state index in [1.807, 2.05) is 0 Å². The molecule has 480 valence electrons. The van der Waals surface area contributed by atoms with Crippen molar-refractivity contribution >= 4 is 39.5 Å². The minimum atomic E-state index is -4.94. The summed E-state index contributed by atoms with van der Waals surface area (Å²) in [5, 5.41) is 10.5. The number of ether oxygens (including phenoxy) is 4. The van der Waals surface area contributed by atoms with Gasteiger partial charge in [0.25, 0.3) is 0 Å². The van der Waals surface area contributed by atoms with E-state index >= 15 is 0 Å². The lowest BCUT2D eigenvalue weighted by Crippen LogP contribution is -2.30. The summed E-state index contributed by atoms with van der Waals surface area (Å²) < 4.78 is 67.9. The minimum absolute atomic E-state index is 0.101. The number of esters is 4. The predicted octanol–water partition coefficient (Wildman–Crippen LogP) is 16.6. The molecule has 0 radical (unpaired) electrons. The molecular formula is C62H120O17P2. The number of carbonyl (C=O) groups excluding carboxylic acids is 4. The topological polar surface area (TPSA) is 237 Å². The first kappa shape index (κ1) is 79.1. The maximum absolute atomic E-state index is 12.9. The second-order valence-corrected chi connectivity index (χ2v) is 27.0. The molecule has 0 heterocycles. The third-order valence-electron chi connectivity index (χ3n) is 14.4. The summed E-state index contributed by atoms with van der Waals surface area (Å²) in [6.07, 6.45) is 31.0. The Kier molecular flexibility index (Phi) is 51.1. The van der Waals surface area contributed by atoms with Gasteiger partial charge in [-0.25, -0.2) is 9.13 Å². The van der Waals surface area contributed by atoms with Crippen molar-refractivity contribution in [2.45, 2.75) is 311 Å². The predicted molar refractivity (Wildman–Crippen MR) is 321 cm³/mol. The van der Waals surface area contributed by atoms with Crippen LogP contribution < -0.4 is 0 Å². The molecule has 0 rings (SSSR count). The molecule has 0 aliphatic rings. The summed E-state index contributed by atoms with van der Waals surface area (Å²) in [4.78, 5) is 72.1. The third-order valence-corrected chi connectivity index (χ3v) is 16.3. The van der Waals surface area contributed by atoms with Gasteiger partial charge in [0.1, 0.15) is 19.3 Å². The summed E-state index contributed by atoms with van der Waals surface area (Å²) in [5.41, 5.74) is 0. The number of carbonyl (C=O) groups is 4. The SMILES string of the molecule is CCC(C)CCCCCCCCC(=O)O[C@H](COC(=O)CCCCCCCCC(C)C)COP(=O)(O)OC[C@H](O)COP(=O)(O)OC[C@@H](COC(=O)CCCCCCCCCCC(C)C)OC(=O)CCCCCCCCCCC(C)C. The number of aliphatic hydroxyl groups is 1. The van der Waals surface area contributed by atoms with E-state index in [1.165, 1.54) is 89.9 Å². The van der Waals surface area contributed by atoms with Crippen LogP contribution in [0.25, 0.3) is 0 Å². The zero-order valence-corrected chi connectivity index (χ0v) is 54.2. The van der Waals surface area contributed by atoms with Crippen LogP contribution in [-0.2, 0) is 65.4 Å². The summed E-state index contributed by atoms with van der Waals surface area (Å²) in [7, 11) is -9.88. The Morgan fingerprint density at radius 3 is 0.877 bits per heavy atom. The molecule has 0 aliphatic carbocycles. The standard InChI is InChI=1S/C62H120O17P2/c1-9-55(8)41-33-25-19-21-29-37-45-62(67)79-58(49-73-60(65)43-35-27-20-18-24-32-40-54(6)7)51-77-81(70,71)75-47-56(63)46-74-80(68,69)76-50-57(78-61(66)44-36-28-17-13-11-15-23-31-39-53(4)5)48-72-59(64)42-34-26-16-12-10-14-22-30-38-52(2)3/h52-58,63H,9-51H2,1-8H3,(H,68,69)(H,70,71)/t55?,56-,57-,58-/m1/s1. The van der Waals surface area contributed by atoms with Crippen LogP contribution >= 0.6 is 15.6 Å². The molecule has 0 saturated heterocycles. The summed E-state index contributed by atoms with van der Waals surface area (Å²) in [5.74, 6) is 0.697. The monoisotopic (exact) mass is 1200 g/mol. The normalized spacial score (nSPS) is 14.8. The average molecular weight is 1200 g/mol. The Labute approximate surface area is 492 Å². The van der Waals surface area contributed by atoms with Gasteiger partial charge in [0, 0.05) is 25.7 Å². The number of phosphoric acid groups is 2. The molecule has 0 spiro atoms. The van der Waals surface area contributed by atoms with Gasteiger partial charge in [-0.1, -0.05) is 242 Å². The summed E-state index contributed by atoms with van der Waals surface area (Å²) in [6, 6.07) is 0. The lowest BCUT2D eigenvalue weighted by Gasteiger charge is -2.21.